The minimum atomic E-state index is -0.789. The van der Waals surface area contributed by atoms with Crippen molar-refractivity contribution in [2.45, 2.75) is 38.2 Å². The van der Waals surface area contributed by atoms with E-state index in [0.29, 0.717) is 19.6 Å². The molecule has 0 aromatic heterocycles. The predicted molar refractivity (Wildman–Crippen MR) is 109 cm³/mol. The number of rotatable bonds is 7. The van der Waals surface area contributed by atoms with Crippen molar-refractivity contribution in [2.24, 2.45) is 11.7 Å². The van der Waals surface area contributed by atoms with Gasteiger partial charge in [-0.2, -0.15) is 0 Å². The van der Waals surface area contributed by atoms with Crippen molar-refractivity contribution in [1.29, 1.82) is 0 Å². The molecule has 1 heterocycles. The van der Waals surface area contributed by atoms with Gasteiger partial charge in [-0.1, -0.05) is 60.7 Å². The number of ether oxygens (including phenoxy) is 4. The van der Waals surface area contributed by atoms with Crippen molar-refractivity contribution in [1.82, 2.24) is 0 Å². The minimum absolute atomic E-state index is 0.0908. The van der Waals surface area contributed by atoms with Gasteiger partial charge in [0, 0.05) is 5.92 Å². The van der Waals surface area contributed by atoms with Crippen LogP contribution in [0.3, 0.4) is 0 Å². The Hall–Kier alpha value is -2.25. The van der Waals surface area contributed by atoms with E-state index in [1.165, 1.54) is 0 Å². The van der Waals surface area contributed by atoms with Gasteiger partial charge in [-0.3, -0.25) is 4.79 Å². The summed E-state index contributed by atoms with van der Waals surface area (Å²) < 4.78 is 23.0. The molecule has 1 saturated heterocycles. The van der Waals surface area contributed by atoms with Gasteiger partial charge in [0.05, 0.1) is 25.9 Å². The molecule has 4 unspecified atom stereocenters. The van der Waals surface area contributed by atoms with E-state index in [1.807, 2.05) is 55.5 Å². The van der Waals surface area contributed by atoms with Crippen molar-refractivity contribution in [3.05, 3.63) is 71.8 Å². The molecule has 156 valence electrons. The van der Waals surface area contributed by atoms with Crippen LogP contribution in [0.1, 0.15) is 18.1 Å². The standard InChI is InChI=1S/C23H29NO5/c1-17-20(12-18-8-4-2-5-9-18)22(15-26-14-21(24)23(25)29-17)28-16-27-13-19-10-6-3-7-11-19/h2-11,17,20-22H,12-16,24H2,1H3. The van der Waals surface area contributed by atoms with Crippen LogP contribution < -0.4 is 5.73 Å². The molecule has 2 aromatic rings. The summed E-state index contributed by atoms with van der Waals surface area (Å²) in [6, 6.07) is 19.2. The molecule has 0 bridgehead atoms. The molecule has 0 saturated carbocycles. The second kappa shape index (κ2) is 11.1. The fourth-order valence-electron chi connectivity index (χ4n) is 3.39. The topological polar surface area (TPSA) is 80.0 Å². The van der Waals surface area contributed by atoms with Gasteiger partial charge in [0.1, 0.15) is 18.9 Å². The molecule has 0 spiro atoms. The Bertz CT molecular complexity index is 739. The highest BCUT2D eigenvalue weighted by Gasteiger charge is 2.34. The zero-order valence-electron chi connectivity index (χ0n) is 16.7. The van der Waals surface area contributed by atoms with Gasteiger partial charge in [0.2, 0.25) is 0 Å². The highest BCUT2D eigenvalue weighted by atomic mass is 16.7. The summed E-state index contributed by atoms with van der Waals surface area (Å²) in [5.74, 6) is -0.538. The van der Waals surface area contributed by atoms with Crippen LogP contribution in [-0.4, -0.2) is 44.2 Å². The van der Waals surface area contributed by atoms with E-state index in [1.54, 1.807) is 0 Å². The van der Waals surface area contributed by atoms with Gasteiger partial charge in [-0.15, -0.1) is 0 Å². The van der Waals surface area contributed by atoms with Gasteiger partial charge in [-0.05, 0) is 24.5 Å². The first kappa shape index (κ1) is 21.5. The lowest BCUT2D eigenvalue weighted by Crippen LogP contribution is -2.40. The van der Waals surface area contributed by atoms with Crippen LogP contribution in [0.5, 0.6) is 0 Å². The third-order valence-corrected chi connectivity index (χ3v) is 5.06. The molecular weight excluding hydrogens is 370 g/mol. The molecule has 4 atom stereocenters. The second-order valence-electron chi connectivity index (χ2n) is 7.30. The Labute approximate surface area is 171 Å². The number of hydrogen-bond donors (Lipinski definition) is 1. The first-order valence-corrected chi connectivity index (χ1v) is 9.94. The molecule has 2 aromatic carbocycles. The number of carbonyl (C=O) groups is 1. The SMILES string of the molecule is CC1OC(=O)C(N)COCC(OCOCc2ccccc2)C1Cc1ccccc1. The van der Waals surface area contributed by atoms with E-state index in [-0.39, 0.29) is 31.5 Å². The van der Waals surface area contributed by atoms with E-state index in [9.17, 15) is 4.79 Å². The third kappa shape index (κ3) is 6.65. The summed E-state index contributed by atoms with van der Waals surface area (Å²) in [6.45, 7) is 2.90. The van der Waals surface area contributed by atoms with E-state index in [2.05, 4.69) is 12.1 Å². The minimum Gasteiger partial charge on any atom is -0.461 e. The number of hydrogen-bond acceptors (Lipinski definition) is 6. The Morgan fingerprint density at radius 1 is 1.00 bits per heavy atom. The van der Waals surface area contributed by atoms with Gasteiger partial charge in [0.15, 0.2) is 0 Å². The fourth-order valence-corrected chi connectivity index (χ4v) is 3.39. The van der Waals surface area contributed by atoms with E-state index >= 15 is 0 Å². The Morgan fingerprint density at radius 2 is 1.66 bits per heavy atom. The van der Waals surface area contributed by atoms with Crippen molar-refractivity contribution < 1.29 is 23.7 Å². The van der Waals surface area contributed by atoms with E-state index in [0.717, 1.165) is 11.1 Å². The lowest BCUT2D eigenvalue weighted by atomic mass is 9.89. The zero-order chi connectivity index (χ0) is 20.5. The first-order chi connectivity index (χ1) is 14.1. The molecule has 1 aliphatic heterocycles. The monoisotopic (exact) mass is 399 g/mol. The smallest absolute Gasteiger partial charge is 0.325 e. The lowest BCUT2D eigenvalue weighted by Gasteiger charge is -2.30. The Morgan fingerprint density at radius 3 is 2.34 bits per heavy atom. The predicted octanol–water partition coefficient (Wildman–Crippen LogP) is 2.69. The largest absolute Gasteiger partial charge is 0.461 e. The van der Waals surface area contributed by atoms with Crippen molar-refractivity contribution >= 4 is 5.97 Å². The molecule has 6 heteroatoms. The highest BCUT2D eigenvalue weighted by Crippen LogP contribution is 2.23. The van der Waals surface area contributed by atoms with Gasteiger partial charge in [0.25, 0.3) is 0 Å². The number of esters is 1. The highest BCUT2D eigenvalue weighted by molar-refractivity contribution is 5.75. The first-order valence-electron chi connectivity index (χ1n) is 9.94. The normalized spacial score (nSPS) is 25.5. The molecule has 2 N–H and O–H groups in total. The summed E-state index contributed by atoms with van der Waals surface area (Å²) in [5, 5.41) is 0. The maximum atomic E-state index is 12.2. The average molecular weight is 399 g/mol. The third-order valence-electron chi connectivity index (χ3n) is 5.06. The second-order valence-corrected chi connectivity index (χ2v) is 7.30. The van der Waals surface area contributed by atoms with Crippen LogP contribution in [0.25, 0.3) is 0 Å². The van der Waals surface area contributed by atoms with Crippen molar-refractivity contribution in [3.8, 4) is 0 Å². The van der Waals surface area contributed by atoms with Gasteiger partial charge in [-0.25, -0.2) is 0 Å². The Balaban J connectivity index is 1.65. The number of cyclic esters (lactones) is 1. The summed E-state index contributed by atoms with van der Waals surface area (Å²) >= 11 is 0. The molecule has 0 amide bonds. The number of benzene rings is 2. The van der Waals surface area contributed by atoms with Crippen LogP contribution in [0.4, 0.5) is 0 Å². The van der Waals surface area contributed by atoms with Crippen LogP contribution in [0.15, 0.2) is 60.7 Å². The van der Waals surface area contributed by atoms with Gasteiger partial charge >= 0.3 is 5.97 Å². The number of carbonyl (C=O) groups excluding carboxylic acids is 1. The molecule has 3 rings (SSSR count). The molecule has 1 fully saturated rings. The van der Waals surface area contributed by atoms with E-state index < -0.39 is 12.0 Å². The van der Waals surface area contributed by atoms with Crippen LogP contribution in [0.2, 0.25) is 0 Å². The molecule has 0 radical (unpaired) electrons. The Kier molecular flexibility index (Phi) is 8.19. The van der Waals surface area contributed by atoms with Gasteiger partial charge < -0.3 is 24.7 Å². The molecule has 29 heavy (non-hydrogen) atoms. The molecular formula is C23H29NO5. The summed E-state index contributed by atoms with van der Waals surface area (Å²) in [6.07, 6.45) is 0.0331. The number of nitrogens with two attached hydrogens (primary N) is 1. The average Bonchev–Trinajstić information content (AvgIpc) is 2.78. The van der Waals surface area contributed by atoms with E-state index in [4.69, 9.17) is 24.7 Å². The zero-order valence-corrected chi connectivity index (χ0v) is 16.7. The quantitative estimate of drug-likeness (QED) is 0.438. The van der Waals surface area contributed by atoms with Crippen LogP contribution in [0, 0.1) is 5.92 Å². The van der Waals surface area contributed by atoms with Crippen LogP contribution in [-0.2, 0) is 36.8 Å². The summed E-state index contributed by atoms with van der Waals surface area (Å²) in [5.41, 5.74) is 8.06. The van der Waals surface area contributed by atoms with Crippen molar-refractivity contribution in [2.75, 3.05) is 20.0 Å². The van der Waals surface area contributed by atoms with Crippen molar-refractivity contribution in [3.63, 3.8) is 0 Å². The maximum Gasteiger partial charge on any atom is 0.325 e. The maximum absolute atomic E-state index is 12.2. The fraction of sp³-hybridized carbons (Fsp3) is 0.435. The van der Waals surface area contributed by atoms with Crippen LogP contribution >= 0.6 is 0 Å². The molecule has 1 aliphatic rings. The summed E-state index contributed by atoms with van der Waals surface area (Å²) in [4.78, 5) is 12.2. The molecule has 0 aliphatic carbocycles. The lowest BCUT2D eigenvalue weighted by molar-refractivity contribution is -0.160. The molecule has 6 nitrogen and oxygen atoms in total. The summed E-state index contributed by atoms with van der Waals surface area (Å²) in [7, 11) is 0.